The van der Waals surface area contributed by atoms with Gasteiger partial charge >= 0.3 is 0 Å². The Balaban J connectivity index is 2.11. The molecule has 0 saturated heterocycles. The van der Waals surface area contributed by atoms with E-state index >= 15 is 0 Å². The number of carbonyl (C=O) groups is 1. The van der Waals surface area contributed by atoms with Crippen molar-refractivity contribution in [2.24, 2.45) is 0 Å². The molecule has 3 rings (SSSR count). The van der Waals surface area contributed by atoms with Crippen molar-refractivity contribution in [3.8, 4) is 0 Å². The Morgan fingerprint density at radius 1 is 1.07 bits per heavy atom. The Hall–Kier alpha value is -1.31. The zero-order chi connectivity index (χ0) is 10.3. The van der Waals surface area contributed by atoms with Crippen molar-refractivity contribution in [1.29, 1.82) is 0 Å². The largest absolute Gasteiger partial charge is 0.325 e. The fourth-order valence-electron chi connectivity index (χ4n) is 3.03. The van der Waals surface area contributed by atoms with Crippen molar-refractivity contribution in [2.75, 3.05) is 5.32 Å². The van der Waals surface area contributed by atoms with Crippen LogP contribution in [0.15, 0.2) is 24.3 Å². The maximum atomic E-state index is 12.1. The van der Waals surface area contributed by atoms with Crippen molar-refractivity contribution in [3.05, 3.63) is 29.8 Å². The highest BCUT2D eigenvalue weighted by atomic mass is 16.2. The maximum absolute atomic E-state index is 12.1. The third-order valence-corrected chi connectivity index (χ3v) is 3.83. The molecule has 15 heavy (non-hydrogen) atoms. The van der Waals surface area contributed by atoms with E-state index in [4.69, 9.17) is 0 Å². The van der Waals surface area contributed by atoms with Crippen LogP contribution < -0.4 is 5.32 Å². The van der Waals surface area contributed by atoms with E-state index in [-0.39, 0.29) is 11.3 Å². The first-order chi connectivity index (χ1) is 7.33. The van der Waals surface area contributed by atoms with Gasteiger partial charge in [-0.3, -0.25) is 4.79 Å². The molecule has 2 heteroatoms. The Morgan fingerprint density at radius 3 is 2.60 bits per heavy atom. The molecule has 0 aromatic heterocycles. The van der Waals surface area contributed by atoms with Gasteiger partial charge in [0.25, 0.3) is 0 Å². The number of nitrogens with one attached hydrogen (secondary N) is 1. The van der Waals surface area contributed by atoms with Crippen LogP contribution in [0.5, 0.6) is 0 Å². The first-order valence-corrected chi connectivity index (χ1v) is 5.74. The summed E-state index contributed by atoms with van der Waals surface area (Å²) in [5, 5.41) is 3.02. The fraction of sp³-hybridized carbons (Fsp3) is 0.462. The molecule has 2 nitrogen and oxygen atoms in total. The van der Waals surface area contributed by atoms with Crippen molar-refractivity contribution >= 4 is 11.6 Å². The van der Waals surface area contributed by atoms with E-state index in [1.165, 1.54) is 24.8 Å². The van der Waals surface area contributed by atoms with Gasteiger partial charge < -0.3 is 5.32 Å². The van der Waals surface area contributed by atoms with Crippen molar-refractivity contribution in [3.63, 3.8) is 0 Å². The molecule has 2 aliphatic rings. The summed E-state index contributed by atoms with van der Waals surface area (Å²) >= 11 is 0. The van der Waals surface area contributed by atoms with Crippen LogP contribution in [0.25, 0.3) is 0 Å². The topological polar surface area (TPSA) is 29.1 Å². The Bertz CT molecular complexity index is 405. The molecule has 1 aliphatic carbocycles. The highest BCUT2D eigenvalue weighted by Crippen LogP contribution is 2.47. The van der Waals surface area contributed by atoms with Crippen molar-refractivity contribution in [2.45, 2.75) is 37.5 Å². The van der Waals surface area contributed by atoms with Gasteiger partial charge in [0.2, 0.25) is 5.91 Å². The molecule has 1 fully saturated rings. The van der Waals surface area contributed by atoms with Gasteiger partial charge in [0.1, 0.15) is 0 Å². The molecule has 0 bridgehead atoms. The lowest BCUT2D eigenvalue weighted by Crippen LogP contribution is -2.36. The smallest absolute Gasteiger partial charge is 0.235 e. The second-order valence-electron chi connectivity index (χ2n) is 4.64. The number of amides is 1. The second-order valence-corrected chi connectivity index (χ2v) is 4.64. The van der Waals surface area contributed by atoms with Crippen LogP contribution >= 0.6 is 0 Å². The number of carbonyl (C=O) groups excluding carboxylic acids is 1. The molecule has 1 heterocycles. The first-order valence-electron chi connectivity index (χ1n) is 5.74. The minimum atomic E-state index is -0.186. The second kappa shape index (κ2) is 3.09. The van der Waals surface area contributed by atoms with E-state index in [0.717, 1.165) is 18.5 Å². The number of fused-ring (bicyclic) bond motifs is 2. The number of anilines is 1. The molecule has 1 amide bonds. The SMILES string of the molecule is O=C1Nc2ccccc2C12CCCCC2. The molecule has 0 radical (unpaired) electrons. The average molecular weight is 201 g/mol. The van der Waals surface area contributed by atoms with Gasteiger partial charge in [-0.25, -0.2) is 0 Å². The third-order valence-electron chi connectivity index (χ3n) is 3.83. The lowest BCUT2D eigenvalue weighted by atomic mass is 9.70. The van der Waals surface area contributed by atoms with Crippen LogP contribution in [-0.2, 0) is 10.2 Å². The molecule has 1 N–H and O–H groups in total. The van der Waals surface area contributed by atoms with E-state index in [9.17, 15) is 4.79 Å². The van der Waals surface area contributed by atoms with Gasteiger partial charge in [0.05, 0.1) is 5.41 Å². The van der Waals surface area contributed by atoms with Crippen LogP contribution in [0.3, 0.4) is 0 Å². The summed E-state index contributed by atoms with van der Waals surface area (Å²) < 4.78 is 0. The number of hydrogen-bond donors (Lipinski definition) is 1. The Morgan fingerprint density at radius 2 is 1.80 bits per heavy atom. The normalized spacial score (nSPS) is 22.5. The van der Waals surface area contributed by atoms with E-state index in [1.54, 1.807) is 0 Å². The number of hydrogen-bond acceptors (Lipinski definition) is 1. The van der Waals surface area contributed by atoms with Gasteiger partial charge in [-0.05, 0) is 24.5 Å². The van der Waals surface area contributed by atoms with E-state index in [2.05, 4.69) is 11.4 Å². The summed E-state index contributed by atoms with van der Waals surface area (Å²) in [6.07, 6.45) is 5.69. The van der Waals surface area contributed by atoms with Gasteiger partial charge in [0.15, 0.2) is 0 Å². The minimum Gasteiger partial charge on any atom is -0.325 e. The average Bonchev–Trinajstić information content (AvgIpc) is 2.55. The zero-order valence-corrected chi connectivity index (χ0v) is 8.75. The monoisotopic (exact) mass is 201 g/mol. The molecule has 1 aromatic carbocycles. The number of benzene rings is 1. The molecule has 78 valence electrons. The van der Waals surface area contributed by atoms with Crippen LogP contribution in [-0.4, -0.2) is 5.91 Å². The highest BCUT2D eigenvalue weighted by molar-refractivity contribution is 6.06. The van der Waals surface area contributed by atoms with Gasteiger partial charge in [-0.2, -0.15) is 0 Å². The van der Waals surface area contributed by atoms with Crippen LogP contribution in [0.4, 0.5) is 5.69 Å². The molecule has 0 atom stereocenters. The van der Waals surface area contributed by atoms with Crippen LogP contribution in [0.2, 0.25) is 0 Å². The lowest BCUT2D eigenvalue weighted by molar-refractivity contribution is -0.121. The first kappa shape index (κ1) is 8.96. The maximum Gasteiger partial charge on any atom is 0.235 e. The number of rotatable bonds is 0. The molecule has 1 saturated carbocycles. The summed E-state index contributed by atoms with van der Waals surface area (Å²) in [5.74, 6) is 0.225. The lowest BCUT2D eigenvalue weighted by Gasteiger charge is -2.31. The zero-order valence-electron chi connectivity index (χ0n) is 8.75. The van der Waals surface area contributed by atoms with Gasteiger partial charge in [-0.15, -0.1) is 0 Å². The Labute approximate surface area is 89.7 Å². The van der Waals surface area contributed by atoms with Gasteiger partial charge in [0, 0.05) is 5.69 Å². The predicted octanol–water partition coefficient (Wildman–Crippen LogP) is 2.84. The van der Waals surface area contributed by atoms with Crippen LogP contribution in [0.1, 0.15) is 37.7 Å². The third kappa shape index (κ3) is 1.14. The quantitative estimate of drug-likeness (QED) is 0.687. The molecule has 0 unspecified atom stereocenters. The molecule has 1 aliphatic heterocycles. The number of para-hydroxylation sites is 1. The summed E-state index contributed by atoms with van der Waals surface area (Å²) in [7, 11) is 0. The van der Waals surface area contributed by atoms with Crippen molar-refractivity contribution in [1.82, 2.24) is 0 Å². The van der Waals surface area contributed by atoms with E-state index in [0.29, 0.717) is 0 Å². The highest BCUT2D eigenvalue weighted by Gasteiger charge is 2.46. The minimum absolute atomic E-state index is 0.186. The summed E-state index contributed by atoms with van der Waals surface area (Å²) in [4.78, 5) is 12.1. The molecule has 1 spiro atoms. The molecular weight excluding hydrogens is 186 g/mol. The summed E-state index contributed by atoms with van der Waals surface area (Å²) in [6, 6.07) is 8.14. The fourth-order valence-corrected chi connectivity index (χ4v) is 3.03. The van der Waals surface area contributed by atoms with Gasteiger partial charge in [-0.1, -0.05) is 37.5 Å². The summed E-state index contributed by atoms with van der Waals surface area (Å²) in [6.45, 7) is 0. The predicted molar refractivity (Wildman–Crippen MR) is 59.8 cm³/mol. The molecule has 1 aromatic rings. The van der Waals surface area contributed by atoms with E-state index < -0.39 is 0 Å². The summed E-state index contributed by atoms with van der Waals surface area (Å²) in [5.41, 5.74) is 2.08. The van der Waals surface area contributed by atoms with E-state index in [1.807, 2.05) is 18.2 Å². The Kier molecular flexibility index (Phi) is 1.84. The standard InChI is InChI=1S/C13H15NO/c15-12-13(8-4-1-5-9-13)10-6-2-3-7-11(10)14-12/h2-3,6-7H,1,4-5,8-9H2,(H,14,15). The van der Waals surface area contributed by atoms with Crippen LogP contribution in [0, 0.1) is 0 Å². The van der Waals surface area contributed by atoms with Crippen molar-refractivity contribution < 1.29 is 4.79 Å². The molecular formula is C13H15NO.